The Morgan fingerprint density at radius 2 is 2.24 bits per heavy atom. The van der Waals surface area contributed by atoms with Gasteiger partial charge in [0.25, 0.3) is 5.91 Å². The molecule has 0 radical (unpaired) electrons. The summed E-state index contributed by atoms with van der Waals surface area (Å²) in [5.41, 5.74) is 3.73. The molecule has 1 amide bonds. The number of nitrogens with zero attached hydrogens (tertiary/aromatic N) is 1. The van der Waals surface area contributed by atoms with E-state index in [1.807, 2.05) is 11.9 Å². The van der Waals surface area contributed by atoms with Gasteiger partial charge in [-0.2, -0.15) is 0 Å². The van der Waals surface area contributed by atoms with Crippen molar-refractivity contribution in [2.45, 2.75) is 25.7 Å². The number of halogens is 1. The lowest BCUT2D eigenvalue weighted by atomic mass is 9.88. The molecule has 3 rings (SSSR count). The van der Waals surface area contributed by atoms with Crippen LogP contribution in [-0.4, -0.2) is 24.4 Å². The molecule has 0 aliphatic heterocycles. The van der Waals surface area contributed by atoms with Gasteiger partial charge in [-0.3, -0.25) is 10.6 Å². The Labute approximate surface area is 130 Å². The molecule has 3 N–H and O–H groups in total. The number of fused-ring (bicyclic) bond motifs is 2. The number of nitrogen functional groups attached to an aromatic ring is 1. The third-order valence-corrected chi connectivity index (χ3v) is 5.34. The molecule has 3 unspecified atom stereocenters. The fourth-order valence-corrected chi connectivity index (χ4v) is 4.23. The molecule has 0 heterocycles. The summed E-state index contributed by atoms with van der Waals surface area (Å²) in [5, 5.41) is 0.547. The van der Waals surface area contributed by atoms with Crippen LogP contribution in [0.2, 0.25) is 5.02 Å². The molecule has 2 aliphatic carbocycles. The molecular weight excluding hydrogens is 286 g/mol. The zero-order valence-electron chi connectivity index (χ0n) is 12.3. The highest BCUT2D eigenvalue weighted by atomic mass is 35.5. The van der Waals surface area contributed by atoms with Crippen LogP contribution >= 0.6 is 11.6 Å². The Balaban J connectivity index is 1.71. The molecule has 4 nitrogen and oxygen atoms in total. The number of hydrazine groups is 1. The van der Waals surface area contributed by atoms with E-state index in [1.165, 1.54) is 25.7 Å². The summed E-state index contributed by atoms with van der Waals surface area (Å²) in [7, 11) is 1.87. The molecule has 2 fully saturated rings. The first-order valence-corrected chi connectivity index (χ1v) is 7.98. The Hall–Kier alpha value is -1.26. The van der Waals surface area contributed by atoms with Crippen LogP contribution in [0.3, 0.4) is 0 Å². The number of amides is 1. The van der Waals surface area contributed by atoms with Crippen LogP contribution in [0, 0.1) is 17.8 Å². The van der Waals surface area contributed by atoms with Crippen LogP contribution in [-0.2, 0) is 0 Å². The monoisotopic (exact) mass is 307 g/mol. The number of nitrogens with one attached hydrogen (secondary N) is 1. The summed E-state index contributed by atoms with van der Waals surface area (Å²) in [4.78, 5) is 14.5. The average molecular weight is 308 g/mol. The van der Waals surface area contributed by atoms with Crippen molar-refractivity contribution in [2.24, 2.45) is 23.6 Å². The Bertz CT molecular complexity index is 548. The minimum Gasteiger partial charge on any atom is -0.341 e. The van der Waals surface area contributed by atoms with E-state index < -0.39 is 0 Å². The first-order valence-electron chi connectivity index (χ1n) is 7.60. The maximum atomic E-state index is 12.6. The van der Waals surface area contributed by atoms with Crippen molar-refractivity contribution in [3.8, 4) is 0 Å². The highest BCUT2D eigenvalue weighted by Crippen LogP contribution is 2.48. The molecule has 3 atom stereocenters. The normalized spacial score (nSPS) is 26.9. The smallest absolute Gasteiger partial charge is 0.255 e. The first-order chi connectivity index (χ1) is 10.1. The van der Waals surface area contributed by atoms with E-state index >= 15 is 0 Å². The standard InChI is InChI=1S/C16H22ClN3O/c1-20(9-12-7-10-2-3-11(12)6-10)16(21)14-8-13(17)4-5-15(14)19-18/h4-5,8,10-12,19H,2-3,6-7,9,18H2,1H3. The van der Waals surface area contributed by atoms with Gasteiger partial charge in [0.15, 0.2) is 0 Å². The summed E-state index contributed by atoms with van der Waals surface area (Å²) in [6.45, 7) is 0.830. The van der Waals surface area contributed by atoms with Gasteiger partial charge in [0.1, 0.15) is 0 Å². The summed E-state index contributed by atoms with van der Waals surface area (Å²) < 4.78 is 0. The van der Waals surface area contributed by atoms with Crippen LogP contribution in [0.4, 0.5) is 5.69 Å². The van der Waals surface area contributed by atoms with E-state index in [0.29, 0.717) is 22.2 Å². The Morgan fingerprint density at radius 3 is 2.86 bits per heavy atom. The first kappa shape index (κ1) is 14.7. The van der Waals surface area contributed by atoms with Gasteiger partial charge < -0.3 is 10.3 Å². The van der Waals surface area contributed by atoms with E-state index in [0.717, 1.165) is 18.4 Å². The van der Waals surface area contributed by atoms with E-state index in [-0.39, 0.29) is 5.91 Å². The van der Waals surface area contributed by atoms with Gasteiger partial charge in [-0.05, 0) is 55.2 Å². The van der Waals surface area contributed by atoms with Gasteiger partial charge in [-0.25, -0.2) is 0 Å². The fourth-order valence-electron chi connectivity index (χ4n) is 4.06. The quantitative estimate of drug-likeness (QED) is 0.663. The zero-order valence-corrected chi connectivity index (χ0v) is 13.1. The lowest BCUT2D eigenvalue weighted by Crippen LogP contribution is -2.34. The van der Waals surface area contributed by atoms with Crippen molar-refractivity contribution in [1.82, 2.24) is 4.90 Å². The predicted octanol–water partition coefficient (Wildman–Crippen LogP) is 3.13. The average Bonchev–Trinajstić information content (AvgIpc) is 3.09. The number of hydrogen-bond donors (Lipinski definition) is 2. The number of rotatable bonds is 4. The minimum absolute atomic E-state index is 0.0202. The number of carbonyl (C=O) groups is 1. The van der Waals surface area contributed by atoms with Gasteiger partial charge in [0.2, 0.25) is 0 Å². The van der Waals surface area contributed by atoms with E-state index in [9.17, 15) is 4.79 Å². The van der Waals surface area contributed by atoms with Crippen molar-refractivity contribution in [1.29, 1.82) is 0 Å². The second-order valence-electron chi connectivity index (χ2n) is 6.45. The zero-order chi connectivity index (χ0) is 15.0. The molecule has 0 aromatic heterocycles. The van der Waals surface area contributed by atoms with E-state index in [4.69, 9.17) is 17.4 Å². The van der Waals surface area contributed by atoms with Gasteiger partial charge in [-0.15, -0.1) is 0 Å². The van der Waals surface area contributed by atoms with Crippen molar-refractivity contribution < 1.29 is 4.79 Å². The van der Waals surface area contributed by atoms with Crippen LogP contribution in [0.15, 0.2) is 18.2 Å². The summed E-state index contributed by atoms with van der Waals surface area (Å²) in [6.07, 6.45) is 5.36. The topological polar surface area (TPSA) is 58.4 Å². The molecule has 21 heavy (non-hydrogen) atoms. The fraction of sp³-hybridized carbons (Fsp3) is 0.562. The molecule has 2 saturated carbocycles. The maximum Gasteiger partial charge on any atom is 0.255 e. The number of hydrogen-bond acceptors (Lipinski definition) is 3. The van der Waals surface area contributed by atoms with Crippen LogP contribution in [0.5, 0.6) is 0 Å². The number of carbonyl (C=O) groups excluding carboxylic acids is 1. The SMILES string of the molecule is CN(CC1CC2CCC1C2)C(=O)c1cc(Cl)ccc1NN. The third-order valence-electron chi connectivity index (χ3n) is 5.11. The van der Waals surface area contributed by atoms with Crippen molar-refractivity contribution >= 4 is 23.2 Å². The molecule has 1 aromatic rings. The highest BCUT2D eigenvalue weighted by molar-refractivity contribution is 6.31. The van der Waals surface area contributed by atoms with Gasteiger partial charge >= 0.3 is 0 Å². The summed E-state index contributed by atoms with van der Waals surface area (Å²) in [6, 6.07) is 5.14. The molecular formula is C16H22ClN3O. The van der Waals surface area contributed by atoms with E-state index in [1.54, 1.807) is 18.2 Å². The molecule has 2 bridgehead atoms. The molecule has 5 heteroatoms. The van der Waals surface area contributed by atoms with Crippen LogP contribution in [0.1, 0.15) is 36.0 Å². The summed E-state index contributed by atoms with van der Waals surface area (Å²) >= 11 is 6.00. The second kappa shape index (κ2) is 5.85. The molecule has 114 valence electrons. The van der Waals surface area contributed by atoms with Gasteiger partial charge in [0, 0.05) is 18.6 Å². The maximum absolute atomic E-state index is 12.6. The van der Waals surface area contributed by atoms with Crippen LogP contribution in [0.25, 0.3) is 0 Å². The number of anilines is 1. The highest BCUT2D eigenvalue weighted by Gasteiger charge is 2.40. The minimum atomic E-state index is -0.0202. The molecule has 0 spiro atoms. The molecule has 2 aliphatic rings. The predicted molar refractivity (Wildman–Crippen MR) is 85.2 cm³/mol. The lowest BCUT2D eigenvalue weighted by molar-refractivity contribution is 0.0755. The number of nitrogens with two attached hydrogens (primary N) is 1. The lowest BCUT2D eigenvalue weighted by Gasteiger charge is -2.27. The van der Waals surface area contributed by atoms with Crippen molar-refractivity contribution in [3.05, 3.63) is 28.8 Å². The van der Waals surface area contributed by atoms with Crippen molar-refractivity contribution in [3.63, 3.8) is 0 Å². The Morgan fingerprint density at radius 1 is 1.43 bits per heavy atom. The second-order valence-corrected chi connectivity index (χ2v) is 6.89. The summed E-state index contributed by atoms with van der Waals surface area (Å²) in [5.74, 6) is 7.84. The largest absolute Gasteiger partial charge is 0.341 e. The van der Waals surface area contributed by atoms with Gasteiger partial charge in [-0.1, -0.05) is 18.0 Å². The third kappa shape index (κ3) is 2.87. The van der Waals surface area contributed by atoms with Crippen molar-refractivity contribution in [2.75, 3.05) is 19.0 Å². The molecule has 0 saturated heterocycles. The Kier molecular flexibility index (Phi) is 4.09. The van der Waals surface area contributed by atoms with Gasteiger partial charge in [0.05, 0.1) is 11.3 Å². The number of benzene rings is 1. The van der Waals surface area contributed by atoms with Crippen LogP contribution < -0.4 is 11.3 Å². The van der Waals surface area contributed by atoms with E-state index in [2.05, 4.69) is 5.43 Å². The molecule has 1 aromatic carbocycles.